The molecular weight excluding hydrogens is 241 g/mol. The quantitative estimate of drug-likeness (QED) is 0.805. The van der Waals surface area contributed by atoms with Crippen molar-refractivity contribution in [1.82, 2.24) is 0 Å². The molecule has 0 spiro atoms. The average molecular weight is 248 g/mol. The number of hydrogen-bond donors (Lipinski definition) is 2. The van der Waals surface area contributed by atoms with E-state index in [4.69, 9.17) is 28.3 Å². The first-order chi connectivity index (χ1) is 7.00. The number of nitrogens with one attached hydrogen (secondary N) is 1. The van der Waals surface area contributed by atoms with Crippen LogP contribution in [-0.2, 0) is 4.79 Å². The molecule has 4 nitrogen and oxygen atoms in total. The van der Waals surface area contributed by atoms with Gasteiger partial charge in [0, 0.05) is 5.69 Å². The second-order valence-electron chi connectivity index (χ2n) is 2.67. The van der Waals surface area contributed by atoms with Crippen molar-refractivity contribution in [3.05, 3.63) is 29.8 Å². The zero-order valence-corrected chi connectivity index (χ0v) is 8.92. The van der Waals surface area contributed by atoms with Gasteiger partial charge in [0.05, 0.1) is 5.56 Å². The summed E-state index contributed by atoms with van der Waals surface area (Å²) in [6.45, 7) is 0. The molecule has 0 bridgehead atoms. The lowest BCUT2D eigenvalue weighted by molar-refractivity contribution is -0.114. The highest BCUT2D eigenvalue weighted by Crippen LogP contribution is 2.12. The van der Waals surface area contributed by atoms with Crippen molar-refractivity contribution in [2.45, 2.75) is 4.84 Å². The van der Waals surface area contributed by atoms with E-state index in [0.717, 1.165) is 0 Å². The maximum atomic E-state index is 11.0. The lowest BCUT2D eigenvalue weighted by Crippen LogP contribution is -2.18. The number of anilines is 1. The highest BCUT2D eigenvalue weighted by atomic mass is 35.5. The summed E-state index contributed by atoms with van der Waals surface area (Å²) in [5.41, 5.74) is 0.581. The van der Waals surface area contributed by atoms with Crippen LogP contribution >= 0.6 is 23.2 Å². The molecule has 1 aromatic carbocycles. The number of aromatic carboxylic acids is 1. The Hall–Kier alpha value is -1.26. The standard InChI is InChI=1S/C9H7Cl2NO3/c10-7(11)8(13)12-6-3-1-5(2-4-6)9(14)15/h1-4,7H,(H,12,13)(H,14,15). The molecule has 0 aliphatic rings. The summed E-state index contributed by atoms with van der Waals surface area (Å²) in [5.74, 6) is -1.58. The van der Waals surface area contributed by atoms with E-state index in [9.17, 15) is 9.59 Å². The van der Waals surface area contributed by atoms with E-state index in [2.05, 4.69) is 5.32 Å². The molecule has 0 aliphatic carbocycles. The number of carbonyl (C=O) groups is 2. The first kappa shape index (κ1) is 11.8. The monoisotopic (exact) mass is 247 g/mol. The summed E-state index contributed by atoms with van der Waals surface area (Å²) < 4.78 is 0. The summed E-state index contributed by atoms with van der Waals surface area (Å²) in [7, 11) is 0. The third kappa shape index (κ3) is 3.42. The number of hydrogen-bond acceptors (Lipinski definition) is 2. The second-order valence-corrected chi connectivity index (χ2v) is 3.77. The van der Waals surface area contributed by atoms with Crippen LogP contribution in [0.3, 0.4) is 0 Å². The summed E-state index contributed by atoms with van der Waals surface area (Å²) >= 11 is 10.6. The van der Waals surface area contributed by atoms with Crippen molar-refractivity contribution in [1.29, 1.82) is 0 Å². The van der Waals surface area contributed by atoms with Gasteiger partial charge in [-0.1, -0.05) is 23.2 Å². The first-order valence-corrected chi connectivity index (χ1v) is 4.80. The largest absolute Gasteiger partial charge is 0.478 e. The Labute approximate surface area is 95.8 Å². The molecule has 0 saturated carbocycles. The molecule has 1 rings (SSSR count). The maximum Gasteiger partial charge on any atom is 0.335 e. The molecule has 0 fully saturated rings. The third-order valence-electron chi connectivity index (χ3n) is 1.60. The zero-order valence-electron chi connectivity index (χ0n) is 7.41. The van der Waals surface area contributed by atoms with E-state index in [1.165, 1.54) is 24.3 Å². The predicted octanol–water partition coefficient (Wildman–Crippen LogP) is 2.13. The smallest absolute Gasteiger partial charge is 0.335 e. The SMILES string of the molecule is O=C(O)c1ccc(NC(=O)C(Cl)Cl)cc1. The fraction of sp³-hybridized carbons (Fsp3) is 0.111. The number of carboxylic acid groups (broad SMARTS) is 1. The molecule has 0 radical (unpaired) electrons. The Bertz CT molecular complexity index is 375. The number of halogens is 2. The van der Waals surface area contributed by atoms with Crippen molar-refractivity contribution in [3.63, 3.8) is 0 Å². The Balaban J connectivity index is 2.73. The van der Waals surface area contributed by atoms with Gasteiger partial charge in [-0.15, -0.1) is 0 Å². The maximum absolute atomic E-state index is 11.0. The topological polar surface area (TPSA) is 66.4 Å². The van der Waals surface area contributed by atoms with Crippen LogP contribution in [0.1, 0.15) is 10.4 Å². The third-order valence-corrected chi connectivity index (χ3v) is 1.99. The van der Waals surface area contributed by atoms with Gasteiger partial charge in [0.25, 0.3) is 5.91 Å². The Morgan fingerprint density at radius 3 is 2.13 bits per heavy atom. The highest BCUT2D eigenvalue weighted by Gasteiger charge is 2.11. The second kappa shape index (κ2) is 5.00. The highest BCUT2D eigenvalue weighted by molar-refractivity contribution is 6.54. The molecule has 0 heterocycles. The summed E-state index contributed by atoms with van der Waals surface area (Å²) in [5, 5.41) is 11.0. The molecular formula is C9H7Cl2NO3. The van der Waals surface area contributed by atoms with Crippen molar-refractivity contribution in [3.8, 4) is 0 Å². The van der Waals surface area contributed by atoms with Crippen LogP contribution in [0.5, 0.6) is 0 Å². The fourth-order valence-electron chi connectivity index (χ4n) is 0.893. The van der Waals surface area contributed by atoms with Crippen LogP contribution in [0.15, 0.2) is 24.3 Å². The van der Waals surface area contributed by atoms with Gasteiger partial charge >= 0.3 is 5.97 Å². The number of carbonyl (C=O) groups excluding carboxylic acids is 1. The van der Waals surface area contributed by atoms with Crippen LogP contribution in [-0.4, -0.2) is 21.8 Å². The van der Waals surface area contributed by atoms with E-state index in [1.54, 1.807) is 0 Å². The molecule has 1 aromatic rings. The Kier molecular flexibility index (Phi) is 3.94. The van der Waals surface area contributed by atoms with Crippen LogP contribution < -0.4 is 5.32 Å². The van der Waals surface area contributed by atoms with Gasteiger partial charge in [0.1, 0.15) is 0 Å². The molecule has 0 aromatic heterocycles. The zero-order chi connectivity index (χ0) is 11.4. The average Bonchev–Trinajstić information content (AvgIpc) is 2.18. The van der Waals surface area contributed by atoms with Gasteiger partial charge in [-0.3, -0.25) is 4.79 Å². The molecule has 0 unspecified atom stereocenters. The lowest BCUT2D eigenvalue weighted by atomic mass is 10.2. The molecule has 15 heavy (non-hydrogen) atoms. The molecule has 6 heteroatoms. The molecule has 80 valence electrons. The van der Waals surface area contributed by atoms with Crippen molar-refractivity contribution >= 4 is 40.8 Å². The van der Waals surface area contributed by atoms with Gasteiger partial charge < -0.3 is 10.4 Å². The van der Waals surface area contributed by atoms with E-state index < -0.39 is 16.7 Å². The van der Waals surface area contributed by atoms with E-state index >= 15 is 0 Å². The van der Waals surface area contributed by atoms with Gasteiger partial charge in [0.15, 0.2) is 4.84 Å². The minimum absolute atomic E-state index is 0.140. The number of alkyl halides is 2. The number of benzene rings is 1. The fourth-order valence-corrected chi connectivity index (χ4v) is 1.00. The van der Waals surface area contributed by atoms with Gasteiger partial charge in [-0.25, -0.2) is 4.79 Å². The van der Waals surface area contributed by atoms with Crippen LogP contribution in [0.4, 0.5) is 5.69 Å². The van der Waals surface area contributed by atoms with E-state index in [-0.39, 0.29) is 5.56 Å². The van der Waals surface area contributed by atoms with E-state index in [0.29, 0.717) is 5.69 Å². The molecule has 0 atom stereocenters. The Morgan fingerprint density at radius 2 is 1.73 bits per heavy atom. The molecule has 1 amide bonds. The number of amides is 1. The van der Waals surface area contributed by atoms with Gasteiger partial charge in [0.2, 0.25) is 0 Å². The van der Waals surface area contributed by atoms with Crippen molar-refractivity contribution < 1.29 is 14.7 Å². The van der Waals surface area contributed by atoms with Crippen LogP contribution in [0, 0.1) is 0 Å². The number of carboxylic acids is 1. The summed E-state index contributed by atoms with van der Waals surface area (Å²) in [4.78, 5) is 20.4. The molecule has 0 saturated heterocycles. The van der Waals surface area contributed by atoms with Crippen molar-refractivity contribution in [2.24, 2.45) is 0 Å². The van der Waals surface area contributed by atoms with E-state index in [1.807, 2.05) is 0 Å². The Morgan fingerprint density at radius 1 is 1.20 bits per heavy atom. The number of rotatable bonds is 3. The van der Waals surface area contributed by atoms with Crippen LogP contribution in [0.25, 0.3) is 0 Å². The molecule has 0 aliphatic heterocycles. The molecule has 2 N–H and O–H groups in total. The normalized spacial score (nSPS) is 10.1. The minimum Gasteiger partial charge on any atom is -0.478 e. The summed E-state index contributed by atoms with van der Waals surface area (Å²) in [6, 6.07) is 5.65. The van der Waals surface area contributed by atoms with Crippen LogP contribution in [0.2, 0.25) is 0 Å². The summed E-state index contributed by atoms with van der Waals surface area (Å²) in [6.07, 6.45) is 0. The van der Waals surface area contributed by atoms with Gasteiger partial charge in [-0.2, -0.15) is 0 Å². The van der Waals surface area contributed by atoms with Gasteiger partial charge in [-0.05, 0) is 24.3 Å². The lowest BCUT2D eigenvalue weighted by Gasteiger charge is -2.05. The first-order valence-electron chi connectivity index (χ1n) is 3.93. The van der Waals surface area contributed by atoms with Crippen molar-refractivity contribution in [2.75, 3.05) is 5.32 Å². The minimum atomic E-state index is -1.15. The predicted molar refractivity (Wildman–Crippen MR) is 57.5 cm³/mol.